The SMILES string of the molecule is CC(C)(C)OC(=O)N1CCN(C2c3ccccc3CCC2OCc2cc(Br)cc(Br)c2)CC1. The van der Waals surface area contributed by atoms with Crippen LogP contribution in [0.5, 0.6) is 0 Å². The Hall–Kier alpha value is -1.41. The lowest BCUT2D eigenvalue weighted by Gasteiger charge is -2.44. The molecule has 5 nitrogen and oxygen atoms in total. The number of carbonyl (C=O) groups is 1. The van der Waals surface area contributed by atoms with E-state index in [-0.39, 0.29) is 18.2 Å². The Morgan fingerprint density at radius 2 is 1.70 bits per heavy atom. The highest BCUT2D eigenvalue weighted by molar-refractivity contribution is 9.11. The fourth-order valence-electron chi connectivity index (χ4n) is 4.72. The number of amides is 1. The highest BCUT2D eigenvalue weighted by Crippen LogP contribution is 2.37. The van der Waals surface area contributed by atoms with Crippen LogP contribution in [-0.2, 0) is 22.5 Å². The molecule has 2 unspecified atom stereocenters. The number of fused-ring (bicyclic) bond motifs is 1. The molecule has 7 heteroatoms. The number of nitrogens with zero attached hydrogens (tertiary/aromatic N) is 2. The number of carbonyl (C=O) groups excluding carboxylic acids is 1. The maximum atomic E-state index is 12.5. The van der Waals surface area contributed by atoms with E-state index in [4.69, 9.17) is 9.47 Å². The van der Waals surface area contributed by atoms with E-state index in [1.54, 1.807) is 0 Å². The van der Waals surface area contributed by atoms with Crippen LogP contribution in [0.3, 0.4) is 0 Å². The van der Waals surface area contributed by atoms with Gasteiger partial charge in [-0.1, -0.05) is 56.1 Å². The summed E-state index contributed by atoms with van der Waals surface area (Å²) in [5.41, 5.74) is 3.43. The monoisotopic (exact) mass is 578 g/mol. The maximum absolute atomic E-state index is 12.5. The van der Waals surface area contributed by atoms with Crippen LogP contribution in [0.4, 0.5) is 4.79 Å². The zero-order valence-corrected chi connectivity index (χ0v) is 22.7. The van der Waals surface area contributed by atoms with Crippen LogP contribution in [0.1, 0.15) is 49.9 Å². The number of ether oxygens (including phenoxy) is 2. The van der Waals surface area contributed by atoms with Crippen LogP contribution in [-0.4, -0.2) is 53.8 Å². The van der Waals surface area contributed by atoms with E-state index in [2.05, 4.69) is 73.2 Å². The van der Waals surface area contributed by atoms with Gasteiger partial charge >= 0.3 is 6.09 Å². The summed E-state index contributed by atoms with van der Waals surface area (Å²) in [6.45, 7) is 9.24. The largest absolute Gasteiger partial charge is 0.444 e. The van der Waals surface area contributed by atoms with Crippen molar-refractivity contribution in [1.82, 2.24) is 9.80 Å². The van der Waals surface area contributed by atoms with Gasteiger partial charge in [-0.15, -0.1) is 0 Å². The number of aryl methyl sites for hydroxylation is 1. The van der Waals surface area contributed by atoms with Crippen LogP contribution < -0.4 is 0 Å². The normalized spacial score (nSPS) is 21.5. The summed E-state index contributed by atoms with van der Waals surface area (Å²) >= 11 is 7.15. The molecule has 1 aliphatic heterocycles. The van der Waals surface area contributed by atoms with Crippen LogP contribution in [0.15, 0.2) is 51.4 Å². The van der Waals surface area contributed by atoms with Gasteiger partial charge in [0.25, 0.3) is 0 Å². The predicted molar refractivity (Wildman–Crippen MR) is 137 cm³/mol. The minimum Gasteiger partial charge on any atom is -0.444 e. The van der Waals surface area contributed by atoms with Gasteiger partial charge in [0.1, 0.15) is 5.60 Å². The molecule has 0 aromatic heterocycles. The molecule has 0 N–H and O–H groups in total. The first-order chi connectivity index (χ1) is 15.7. The van der Waals surface area contributed by atoms with E-state index >= 15 is 0 Å². The summed E-state index contributed by atoms with van der Waals surface area (Å²) in [4.78, 5) is 16.8. The smallest absolute Gasteiger partial charge is 0.410 e. The Balaban J connectivity index is 1.47. The molecule has 2 aromatic carbocycles. The molecular formula is C26H32Br2N2O3. The topological polar surface area (TPSA) is 42.0 Å². The van der Waals surface area contributed by atoms with E-state index in [0.717, 1.165) is 40.4 Å². The molecule has 2 aromatic rings. The Labute approximate surface area is 213 Å². The highest BCUT2D eigenvalue weighted by atomic mass is 79.9. The second-order valence-electron chi connectivity index (χ2n) is 9.81. The van der Waals surface area contributed by atoms with Crippen molar-refractivity contribution >= 4 is 38.0 Å². The lowest BCUT2D eigenvalue weighted by molar-refractivity contribution is -0.0487. The molecule has 1 saturated heterocycles. The van der Waals surface area contributed by atoms with E-state index in [9.17, 15) is 4.79 Å². The van der Waals surface area contributed by atoms with Crippen LogP contribution >= 0.6 is 31.9 Å². The fraction of sp³-hybridized carbons (Fsp3) is 0.500. The molecule has 4 rings (SSSR count). The second kappa shape index (κ2) is 10.5. The van der Waals surface area contributed by atoms with Gasteiger partial charge in [0.2, 0.25) is 0 Å². The van der Waals surface area contributed by atoms with Crippen molar-refractivity contribution in [3.63, 3.8) is 0 Å². The standard InChI is InChI=1S/C26H32Br2N2O3/c1-26(2,3)33-25(31)30-12-10-29(11-13-30)24-22-7-5-4-6-19(22)8-9-23(24)32-17-18-14-20(27)16-21(28)15-18/h4-7,14-16,23-24H,8-13,17H2,1-3H3. The van der Waals surface area contributed by atoms with Crippen molar-refractivity contribution < 1.29 is 14.3 Å². The van der Waals surface area contributed by atoms with E-state index < -0.39 is 5.60 Å². The third-order valence-corrected chi connectivity index (χ3v) is 7.09. The number of hydrogen-bond acceptors (Lipinski definition) is 4. The third-order valence-electron chi connectivity index (χ3n) is 6.17. The van der Waals surface area contributed by atoms with E-state index in [1.165, 1.54) is 11.1 Å². The highest BCUT2D eigenvalue weighted by Gasteiger charge is 2.37. The second-order valence-corrected chi connectivity index (χ2v) is 11.6. The van der Waals surface area contributed by atoms with Crippen molar-refractivity contribution in [2.45, 2.75) is 58.0 Å². The van der Waals surface area contributed by atoms with Gasteiger partial charge in [-0.25, -0.2) is 4.79 Å². The summed E-state index contributed by atoms with van der Waals surface area (Å²) < 4.78 is 14.2. The third kappa shape index (κ3) is 6.38. The number of hydrogen-bond donors (Lipinski definition) is 0. The molecule has 178 valence electrons. The summed E-state index contributed by atoms with van der Waals surface area (Å²) in [5.74, 6) is 0. The molecule has 33 heavy (non-hydrogen) atoms. The van der Waals surface area contributed by atoms with Crippen molar-refractivity contribution in [2.24, 2.45) is 0 Å². The first-order valence-corrected chi connectivity index (χ1v) is 13.1. The van der Waals surface area contributed by atoms with Gasteiger partial charge in [-0.2, -0.15) is 0 Å². The van der Waals surface area contributed by atoms with Gasteiger partial charge in [-0.05, 0) is 68.5 Å². The number of rotatable bonds is 4. The first-order valence-electron chi connectivity index (χ1n) is 11.6. The molecule has 0 radical (unpaired) electrons. The molecule has 1 aliphatic carbocycles. The molecule has 1 fully saturated rings. The van der Waals surface area contributed by atoms with Gasteiger partial charge in [0, 0.05) is 35.1 Å². The zero-order chi connectivity index (χ0) is 23.6. The van der Waals surface area contributed by atoms with Gasteiger partial charge in [0.05, 0.1) is 18.8 Å². The summed E-state index contributed by atoms with van der Waals surface area (Å²) in [6, 6.07) is 15.2. The lowest BCUT2D eigenvalue weighted by Crippen LogP contribution is -2.53. The Morgan fingerprint density at radius 1 is 1.03 bits per heavy atom. The Morgan fingerprint density at radius 3 is 2.36 bits per heavy atom. The molecule has 2 aliphatic rings. The van der Waals surface area contributed by atoms with Gasteiger partial charge < -0.3 is 14.4 Å². The lowest BCUT2D eigenvalue weighted by atomic mass is 9.84. The van der Waals surface area contributed by atoms with Gasteiger partial charge in [-0.3, -0.25) is 4.90 Å². The van der Waals surface area contributed by atoms with Crippen LogP contribution in [0.25, 0.3) is 0 Å². The number of benzene rings is 2. The molecule has 0 spiro atoms. The Kier molecular flexibility index (Phi) is 7.83. The molecular weight excluding hydrogens is 548 g/mol. The number of halogens is 2. The van der Waals surface area contributed by atoms with Gasteiger partial charge in [0.15, 0.2) is 0 Å². The minimum absolute atomic E-state index is 0.103. The first kappa shape index (κ1) is 24.7. The number of piperazine rings is 1. The van der Waals surface area contributed by atoms with E-state index in [1.807, 2.05) is 31.7 Å². The molecule has 0 bridgehead atoms. The molecule has 2 atom stereocenters. The van der Waals surface area contributed by atoms with Crippen molar-refractivity contribution in [2.75, 3.05) is 26.2 Å². The molecule has 1 amide bonds. The molecule has 0 saturated carbocycles. The Bertz CT molecular complexity index is 963. The maximum Gasteiger partial charge on any atom is 0.410 e. The van der Waals surface area contributed by atoms with Crippen molar-refractivity contribution in [3.8, 4) is 0 Å². The zero-order valence-electron chi connectivity index (χ0n) is 19.5. The summed E-state index contributed by atoms with van der Waals surface area (Å²) in [5, 5.41) is 0. The minimum atomic E-state index is -0.475. The van der Waals surface area contributed by atoms with Crippen LogP contribution in [0, 0.1) is 0 Å². The quantitative estimate of drug-likeness (QED) is 0.424. The predicted octanol–water partition coefficient (Wildman–Crippen LogP) is 6.34. The average Bonchev–Trinajstić information content (AvgIpc) is 2.75. The van der Waals surface area contributed by atoms with Crippen LogP contribution in [0.2, 0.25) is 0 Å². The van der Waals surface area contributed by atoms with Crippen molar-refractivity contribution in [1.29, 1.82) is 0 Å². The van der Waals surface area contributed by atoms with Crippen molar-refractivity contribution in [3.05, 3.63) is 68.1 Å². The fourth-order valence-corrected chi connectivity index (χ4v) is 6.11. The summed E-state index contributed by atoms with van der Waals surface area (Å²) in [6.07, 6.45) is 1.89. The molecule has 1 heterocycles. The average molecular weight is 580 g/mol. The summed E-state index contributed by atoms with van der Waals surface area (Å²) in [7, 11) is 0. The van der Waals surface area contributed by atoms with E-state index in [0.29, 0.717) is 19.7 Å².